The summed E-state index contributed by atoms with van der Waals surface area (Å²) in [5.74, 6) is 0.923. The zero-order chi connectivity index (χ0) is 19.9. The smallest absolute Gasteiger partial charge is 0.230 e. The molecule has 0 aliphatic rings. The van der Waals surface area contributed by atoms with Gasteiger partial charge in [0.15, 0.2) is 5.82 Å². The van der Waals surface area contributed by atoms with E-state index < -0.39 is 0 Å². The molecule has 3 aromatic rings. The summed E-state index contributed by atoms with van der Waals surface area (Å²) in [6.45, 7) is 2.07. The Morgan fingerprint density at radius 1 is 1.25 bits per heavy atom. The molecule has 0 radical (unpaired) electrons. The summed E-state index contributed by atoms with van der Waals surface area (Å²) in [6, 6.07) is 12.8. The van der Waals surface area contributed by atoms with Crippen molar-refractivity contribution in [2.75, 3.05) is 5.75 Å². The van der Waals surface area contributed by atoms with Gasteiger partial charge in [0, 0.05) is 5.02 Å². The van der Waals surface area contributed by atoms with E-state index in [0.29, 0.717) is 21.8 Å². The van der Waals surface area contributed by atoms with Crippen LogP contribution < -0.4 is 10.1 Å². The minimum Gasteiger partial charge on any atom is -0.486 e. The molecule has 146 valence electrons. The first-order valence-corrected chi connectivity index (χ1v) is 9.83. The van der Waals surface area contributed by atoms with Gasteiger partial charge in [0.05, 0.1) is 11.8 Å². The van der Waals surface area contributed by atoms with Crippen LogP contribution in [0.3, 0.4) is 0 Å². The van der Waals surface area contributed by atoms with Crippen molar-refractivity contribution in [2.24, 2.45) is 0 Å². The molecule has 3 rings (SSSR count). The maximum Gasteiger partial charge on any atom is 0.230 e. The first-order chi connectivity index (χ1) is 13.5. The molecule has 2 N–H and O–H groups in total. The molecular weight excluding hydrogens is 403 g/mol. The Morgan fingerprint density at radius 2 is 1.96 bits per heavy atom. The Kier molecular flexibility index (Phi) is 6.89. The van der Waals surface area contributed by atoms with Gasteiger partial charge in [-0.3, -0.25) is 9.89 Å². The van der Waals surface area contributed by atoms with Gasteiger partial charge in [0.25, 0.3) is 0 Å². The second kappa shape index (κ2) is 9.57. The Hall–Kier alpha value is -2.58. The summed E-state index contributed by atoms with van der Waals surface area (Å²) in [6.07, 6.45) is 0. The van der Waals surface area contributed by atoms with Gasteiger partial charge >= 0.3 is 0 Å². The molecule has 1 amide bonds. The predicted octanol–water partition coefficient (Wildman–Crippen LogP) is 4.15. The van der Waals surface area contributed by atoms with Crippen molar-refractivity contribution >= 4 is 29.3 Å². The van der Waals surface area contributed by atoms with Crippen LogP contribution in [0.4, 0.5) is 4.39 Å². The Labute approximate surface area is 170 Å². The number of nitrogens with zero attached hydrogens (tertiary/aromatic N) is 2. The average Bonchev–Trinajstić information content (AvgIpc) is 3.14. The van der Waals surface area contributed by atoms with Gasteiger partial charge < -0.3 is 10.1 Å². The minimum atomic E-state index is -0.307. The first-order valence-electron chi connectivity index (χ1n) is 8.47. The lowest BCUT2D eigenvalue weighted by atomic mass is 10.1. The SMILES string of the molecule is CC(NC(=O)CSc1n[nH]c(COc2ccc(Cl)cc2)n1)c1ccc(F)cc1. The molecule has 6 nitrogen and oxygen atoms in total. The number of halogens is 2. The van der Waals surface area contributed by atoms with E-state index in [0.717, 1.165) is 5.56 Å². The largest absolute Gasteiger partial charge is 0.486 e. The molecule has 0 aliphatic heterocycles. The highest BCUT2D eigenvalue weighted by molar-refractivity contribution is 7.99. The maximum absolute atomic E-state index is 13.0. The zero-order valence-electron chi connectivity index (χ0n) is 15.0. The lowest BCUT2D eigenvalue weighted by Gasteiger charge is -2.13. The number of hydrogen-bond acceptors (Lipinski definition) is 5. The van der Waals surface area contributed by atoms with Gasteiger partial charge in [0.1, 0.15) is 18.2 Å². The van der Waals surface area contributed by atoms with Crippen molar-refractivity contribution in [1.29, 1.82) is 0 Å². The van der Waals surface area contributed by atoms with Gasteiger partial charge in [-0.1, -0.05) is 35.5 Å². The number of H-pyrrole nitrogens is 1. The van der Waals surface area contributed by atoms with Crippen LogP contribution in [0.5, 0.6) is 5.75 Å². The fourth-order valence-corrected chi connectivity index (χ4v) is 3.09. The molecule has 0 saturated carbocycles. The second-order valence-corrected chi connectivity index (χ2v) is 7.32. The molecule has 0 bridgehead atoms. The van der Waals surface area contributed by atoms with Gasteiger partial charge in [0.2, 0.25) is 11.1 Å². The third-order valence-electron chi connectivity index (χ3n) is 3.78. The van der Waals surface area contributed by atoms with Crippen molar-refractivity contribution in [3.05, 3.63) is 70.8 Å². The van der Waals surface area contributed by atoms with E-state index >= 15 is 0 Å². The first kappa shape index (κ1) is 20.2. The van der Waals surface area contributed by atoms with Gasteiger partial charge in [-0.15, -0.1) is 5.10 Å². The highest BCUT2D eigenvalue weighted by atomic mass is 35.5. The molecule has 0 fully saturated rings. The molecule has 0 saturated heterocycles. The van der Waals surface area contributed by atoms with Gasteiger partial charge in [-0.25, -0.2) is 9.37 Å². The summed E-state index contributed by atoms with van der Waals surface area (Å²) >= 11 is 7.04. The van der Waals surface area contributed by atoms with Gasteiger partial charge in [-0.05, 0) is 48.9 Å². The number of aromatic amines is 1. The lowest BCUT2D eigenvalue weighted by Crippen LogP contribution is -2.28. The van der Waals surface area contributed by atoms with E-state index in [-0.39, 0.29) is 30.1 Å². The molecular formula is C19H18ClFN4O2S. The quantitative estimate of drug-likeness (QED) is 0.535. The Morgan fingerprint density at radius 3 is 2.68 bits per heavy atom. The Bertz CT molecular complexity index is 918. The van der Waals surface area contributed by atoms with Crippen molar-refractivity contribution < 1.29 is 13.9 Å². The number of benzene rings is 2. The van der Waals surface area contributed by atoms with Gasteiger partial charge in [-0.2, -0.15) is 0 Å². The summed E-state index contributed by atoms with van der Waals surface area (Å²) in [5.41, 5.74) is 0.833. The maximum atomic E-state index is 13.0. The van der Waals surface area contributed by atoms with Crippen LogP contribution in [0.1, 0.15) is 24.4 Å². The number of carbonyl (C=O) groups excluding carboxylic acids is 1. The van der Waals surface area contributed by atoms with Crippen molar-refractivity contribution in [3.8, 4) is 5.75 Å². The van der Waals surface area contributed by atoms with Crippen LogP contribution in [-0.4, -0.2) is 26.8 Å². The third-order valence-corrected chi connectivity index (χ3v) is 4.88. The molecule has 2 aromatic carbocycles. The molecule has 0 aliphatic carbocycles. The van der Waals surface area contributed by atoms with Crippen molar-refractivity contribution in [3.63, 3.8) is 0 Å². The molecule has 28 heavy (non-hydrogen) atoms. The number of aromatic nitrogens is 3. The number of rotatable bonds is 8. The van der Waals surface area contributed by atoms with Crippen LogP contribution in [0.25, 0.3) is 0 Å². The zero-order valence-corrected chi connectivity index (χ0v) is 16.6. The summed E-state index contributed by atoms with van der Waals surface area (Å²) in [4.78, 5) is 16.4. The summed E-state index contributed by atoms with van der Waals surface area (Å²) < 4.78 is 18.6. The topological polar surface area (TPSA) is 79.9 Å². The van der Waals surface area contributed by atoms with E-state index in [1.807, 2.05) is 6.92 Å². The van der Waals surface area contributed by atoms with E-state index in [1.165, 1.54) is 23.9 Å². The number of nitrogens with one attached hydrogen (secondary N) is 2. The molecule has 0 spiro atoms. The molecule has 1 unspecified atom stereocenters. The number of carbonyl (C=O) groups is 1. The highest BCUT2D eigenvalue weighted by Gasteiger charge is 2.12. The Balaban J connectivity index is 1.43. The number of hydrogen-bond donors (Lipinski definition) is 2. The fraction of sp³-hybridized carbons (Fsp3) is 0.211. The number of ether oxygens (including phenoxy) is 1. The van der Waals surface area contributed by atoms with Crippen LogP contribution in [0.15, 0.2) is 53.7 Å². The summed E-state index contributed by atoms with van der Waals surface area (Å²) in [5, 5.41) is 10.8. The van der Waals surface area contributed by atoms with Crippen LogP contribution in [-0.2, 0) is 11.4 Å². The van der Waals surface area contributed by atoms with E-state index in [2.05, 4.69) is 20.5 Å². The van der Waals surface area contributed by atoms with Crippen molar-refractivity contribution in [1.82, 2.24) is 20.5 Å². The molecule has 9 heteroatoms. The van der Waals surface area contributed by atoms with E-state index in [9.17, 15) is 9.18 Å². The van der Waals surface area contributed by atoms with E-state index in [4.69, 9.17) is 16.3 Å². The predicted molar refractivity (Wildman–Crippen MR) is 106 cm³/mol. The van der Waals surface area contributed by atoms with Crippen molar-refractivity contribution in [2.45, 2.75) is 24.7 Å². The van der Waals surface area contributed by atoms with E-state index in [1.54, 1.807) is 36.4 Å². The standard InChI is InChI=1S/C19H18ClFN4O2S/c1-12(13-2-6-15(21)7-3-13)22-18(26)11-28-19-23-17(24-25-19)10-27-16-8-4-14(20)5-9-16/h2-9,12H,10-11H2,1H3,(H,22,26)(H,23,24,25). The lowest BCUT2D eigenvalue weighted by molar-refractivity contribution is -0.119. The van der Waals surface area contributed by atoms with Crippen LogP contribution in [0, 0.1) is 5.82 Å². The number of amides is 1. The second-order valence-electron chi connectivity index (χ2n) is 5.94. The molecule has 1 heterocycles. The highest BCUT2D eigenvalue weighted by Crippen LogP contribution is 2.18. The normalized spacial score (nSPS) is 11.8. The third kappa shape index (κ3) is 5.97. The monoisotopic (exact) mass is 420 g/mol. The summed E-state index contributed by atoms with van der Waals surface area (Å²) in [7, 11) is 0. The van der Waals surface area contributed by atoms with Crippen LogP contribution >= 0.6 is 23.4 Å². The van der Waals surface area contributed by atoms with Crippen LogP contribution in [0.2, 0.25) is 5.02 Å². The molecule has 1 aromatic heterocycles. The fourth-order valence-electron chi connectivity index (χ4n) is 2.34. The minimum absolute atomic E-state index is 0.161. The number of thioether (sulfide) groups is 1. The molecule has 1 atom stereocenters. The average molecular weight is 421 g/mol.